The molecule has 0 amide bonds. The lowest BCUT2D eigenvalue weighted by Gasteiger charge is -1.98. The highest BCUT2D eigenvalue weighted by atomic mass is 19.1. The molecule has 2 aromatic rings. The third-order valence-corrected chi connectivity index (χ3v) is 1.62. The highest BCUT2D eigenvalue weighted by Crippen LogP contribution is 2.20. The van der Waals surface area contributed by atoms with Gasteiger partial charge in [-0.3, -0.25) is 0 Å². The zero-order chi connectivity index (χ0) is 9.97. The summed E-state index contributed by atoms with van der Waals surface area (Å²) in [6.07, 6.45) is 1.72. The van der Waals surface area contributed by atoms with Gasteiger partial charge in [-0.2, -0.15) is 4.98 Å². The van der Waals surface area contributed by atoms with E-state index >= 15 is 0 Å². The summed E-state index contributed by atoms with van der Waals surface area (Å²) in [6, 6.07) is 5.64. The Morgan fingerprint density at radius 1 is 1.29 bits per heavy atom. The predicted molar refractivity (Wildman–Crippen MR) is 47.7 cm³/mol. The smallest absolute Gasteiger partial charge is 0.399 e. The summed E-state index contributed by atoms with van der Waals surface area (Å²) in [6.45, 7) is 1.77. The Labute approximate surface area is 80.1 Å². The summed E-state index contributed by atoms with van der Waals surface area (Å²) in [4.78, 5) is 3.85. The molecule has 1 heterocycles. The van der Waals surface area contributed by atoms with Crippen LogP contribution in [-0.2, 0) is 0 Å². The molecule has 0 bridgehead atoms. The van der Waals surface area contributed by atoms with Crippen molar-refractivity contribution in [3.63, 3.8) is 0 Å². The molecule has 0 saturated carbocycles. The van der Waals surface area contributed by atoms with Crippen LogP contribution in [0.4, 0.5) is 4.39 Å². The summed E-state index contributed by atoms with van der Waals surface area (Å²) in [7, 11) is 0. The van der Waals surface area contributed by atoms with Crippen LogP contribution in [0.5, 0.6) is 11.8 Å². The van der Waals surface area contributed by atoms with Gasteiger partial charge in [-0.15, -0.1) is 0 Å². The van der Waals surface area contributed by atoms with Crippen molar-refractivity contribution in [3.8, 4) is 11.8 Å². The number of rotatable bonds is 2. The molecule has 0 saturated heterocycles. The second-order valence-corrected chi connectivity index (χ2v) is 2.79. The Morgan fingerprint density at radius 2 is 2.00 bits per heavy atom. The molecular formula is C10H8FNO2. The number of aryl methyl sites for hydroxylation is 1. The Kier molecular flexibility index (Phi) is 2.18. The molecule has 0 atom stereocenters. The van der Waals surface area contributed by atoms with Crippen LogP contribution in [0, 0.1) is 12.7 Å². The highest BCUT2D eigenvalue weighted by Gasteiger charge is 2.02. The fourth-order valence-electron chi connectivity index (χ4n) is 0.985. The van der Waals surface area contributed by atoms with Gasteiger partial charge in [0.2, 0.25) is 0 Å². The van der Waals surface area contributed by atoms with Gasteiger partial charge in [0.15, 0.2) is 0 Å². The van der Waals surface area contributed by atoms with E-state index in [-0.39, 0.29) is 11.9 Å². The van der Waals surface area contributed by atoms with Gasteiger partial charge in [0.05, 0.1) is 6.20 Å². The van der Waals surface area contributed by atoms with E-state index in [4.69, 9.17) is 9.15 Å². The standard InChI is InChI=1S/C10H8FNO2/c1-7-6-12-10(13-7)14-9-4-2-8(11)3-5-9/h2-6H,1H3. The number of ether oxygens (including phenoxy) is 1. The fourth-order valence-corrected chi connectivity index (χ4v) is 0.985. The van der Waals surface area contributed by atoms with Gasteiger partial charge in [0, 0.05) is 0 Å². The van der Waals surface area contributed by atoms with E-state index in [2.05, 4.69) is 4.98 Å². The van der Waals surface area contributed by atoms with Crippen LogP contribution in [0.2, 0.25) is 0 Å². The normalized spacial score (nSPS) is 10.1. The van der Waals surface area contributed by atoms with Crippen molar-refractivity contribution < 1.29 is 13.5 Å². The molecule has 3 nitrogen and oxygen atoms in total. The molecule has 1 aromatic carbocycles. The van der Waals surface area contributed by atoms with Crippen molar-refractivity contribution in [1.29, 1.82) is 0 Å². The van der Waals surface area contributed by atoms with Crippen LogP contribution in [0.3, 0.4) is 0 Å². The number of nitrogens with zero attached hydrogens (tertiary/aromatic N) is 1. The minimum absolute atomic E-state index is 0.161. The first kappa shape index (κ1) is 8.74. The second kappa shape index (κ2) is 3.49. The van der Waals surface area contributed by atoms with Crippen molar-refractivity contribution in [2.45, 2.75) is 6.92 Å². The minimum Gasteiger partial charge on any atom is -0.414 e. The molecule has 1 aromatic heterocycles. The van der Waals surface area contributed by atoms with Crippen LogP contribution in [-0.4, -0.2) is 4.98 Å². The first-order valence-corrected chi connectivity index (χ1v) is 4.10. The lowest BCUT2D eigenvalue weighted by molar-refractivity contribution is 0.322. The van der Waals surface area contributed by atoms with E-state index in [1.54, 1.807) is 13.1 Å². The van der Waals surface area contributed by atoms with Gasteiger partial charge in [0.1, 0.15) is 17.3 Å². The zero-order valence-corrected chi connectivity index (χ0v) is 7.53. The third kappa shape index (κ3) is 1.90. The monoisotopic (exact) mass is 193 g/mol. The van der Waals surface area contributed by atoms with Gasteiger partial charge in [-0.1, -0.05) is 0 Å². The Bertz CT molecular complexity index is 422. The summed E-state index contributed by atoms with van der Waals surface area (Å²) < 4.78 is 22.8. The molecule has 0 aliphatic rings. The van der Waals surface area contributed by atoms with Crippen LogP contribution >= 0.6 is 0 Å². The van der Waals surface area contributed by atoms with Crippen molar-refractivity contribution in [1.82, 2.24) is 4.98 Å². The number of halogens is 1. The number of hydrogen-bond donors (Lipinski definition) is 0. The Balaban J connectivity index is 2.15. The third-order valence-electron chi connectivity index (χ3n) is 1.62. The molecule has 0 aliphatic carbocycles. The maximum atomic E-state index is 12.5. The summed E-state index contributed by atoms with van der Waals surface area (Å²) in [5.74, 6) is 0.858. The van der Waals surface area contributed by atoms with E-state index in [1.165, 1.54) is 24.3 Å². The average molecular weight is 193 g/mol. The lowest BCUT2D eigenvalue weighted by atomic mass is 10.3. The number of aromatic nitrogens is 1. The number of hydrogen-bond acceptors (Lipinski definition) is 3. The van der Waals surface area contributed by atoms with Gasteiger partial charge in [0.25, 0.3) is 0 Å². The van der Waals surface area contributed by atoms with Crippen LogP contribution in [0.1, 0.15) is 5.76 Å². The maximum absolute atomic E-state index is 12.5. The molecule has 4 heteroatoms. The van der Waals surface area contributed by atoms with Crippen molar-refractivity contribution >= 4 is 0 Å². The van der Waals surface area contributed by atoms with Crippen molar-refractivity contribution in [2.24, 2.45) is 0 Å². The van der Waals surface area contributed by atoms with E-state index in [0.717, 1.165) is 0 Å². The van der Waals surface area contributed by atoms with Crippen LogP contribution < -0.4 is 4.74 Å². The largest absolute Gasteiger partial charge is 0.414 e. The summed E-state index contributed by atoms with van der Waals surface area (Å²) in [5.41, 5.74) is 0. The molecule has 0 unspecified atom stereocenters. The number of oxazole rings is 1. The van der Waals surface area contributed by atoms with E-state index < -0.39 is 0 Å². The van der Waals surface area contributed by atoms with Gasteiger partial charge >= 0.3 is 6.08 Å². The first-order chi connectivity index (χ1) is 6.74. The molecule has 14 heavy (non-hydrogen) atoms. The molecule has 0 spiro atoms. The van der Waals surface area contributed by atoms with Crippen LogP contribution in [0.15, 0.2) is 34.9 Å². The van der Waals surface area contributed by atoms with Crippen molar-refractivity contribution in [3.05, 3.63) is 42.0 Å². The molecule has 72 valence electrons. The van der Waals surface area contributed by atoms with Crippen molar-refractivity contribution in [2.75, 3.05) is 0 Å². The van der Waals surface area contributed by atoms with Crippen LogP contribution in [0.25, 0.3) is 0 Å². The quantitative estimate of drug-likeness (QED) is 0.735. The second-order valence-electron chi connectivity index (χ2n) is 2.79. The van der Waals surface area contributed by atoms with Gasteiger partial charge in [-0.25, -0.2) is 4.39 Å². The SMILES string of the molecule is Cc1cnc(Oc2ccc(F)cc2)o1. The number of benzene rings is 1. The van der Waals surface area contributed by atoms with E-state index in [9.17, 15) is 4.39 Å². The van der Waals surface area contributed by atoms with Gasteiger partial charge in [-0.05, 0) is 31.2 Å². The first-order valence-electron chi connectivity index (χ1n) is 4.10. The predicted octanol–water partition coefficient (Wildman–Crippen LogP) is 2.91. The lowest BCUT2D eigenvalue weighted by Crippen LogP contribution is -1.83. The molecule has 0 aliphatic heterocycles. The molecular weight excluding hydrogens is 185 g/mol. The topological polar surface area (TPSA) is 35.3 Å². The summed E-state index contributed by atoms with van der Waals surface area (Å²) >= 11 is 0. The fraction of sp³-hybridized carbons (Fsp3) is 0.100. The highest BCUT2D eigenvalue weighted by molar-refractivity contribution is 5.24. The minimum atomic E-state index is -0.305. The average Bonchev–Trinajstić information content (AvgIpc) is 2.56. The Morgan fingerprint density at radius 3 is 2.57 bits per heavy atom. The van der Waals surface area contributed by atoms with Gasteiger partial charge < -0.3 is 9.15 Å². The van der Waals surface area contributed by atoms with E-state index in [1.807, 2.05) is 0 Å². The molecule has 0 radical (unpaired) electrons. The maximum Gasteiger partial charge on any atom is 0.399 e. The molecule has 0 N–H and O–H groups in total. The molecule has 0 fully saturated rings. The van der Waals surface area contributed by atoms with E-state index in [0.29, 0.717) is 11.5 Å². The zero-order valence-electron chi connectivity index (χ0n) is 7.53. The summed E-state index contributed by atoms with van der Waals surface area (Å²) in [5, 5.41) is 0. The molecule has 2 rings (SSSR count). The Hall–Kier alpha value is -1.84.